The lowest BCUT2D eigenvalue weighted by Gasteiger charge is -2.43. The van der Waals surface area contributed by atoms with Gasteiger partial charge in [0.2, 0.25) is 0 Å². The van der Waals surface area contributed by atoms with Crippen molar-refractivity contribution in [3.8, 4) is 0 Å². The maximum absolute atomic E-state index is 13.3. The van der Waals surface area contributed by atoms with Crippen LogP contribution in [0, 0.1) is 0 Å². The molecule has 0 bridgehead atoms. The molecule has 0 unspecified atom stereocenters. The monoisotopic (exact) mass is 524 g/mol. The summed E-state index contributed by atoms with van der Waals surface area (Å²) < 4.78 is 23.9. The quantitative estimate of drug-likeness (QED) is 0.438. The van der Waals surface area contributed by atoms with Gasteiger partial charge in [-0.05, 0) is 52.2 Å². The first-order valence-corrected chi connectivity index (χ1v) is 13.3. The summed E-state index contributed by atoms with van der Waals surface area (Å²) in [7, 11) is 0. The zero-order valence-corrected chi connectivity index (χ0v) is 23.1. The largest absolute Gasteiger partial charge is 0.460 e. The van der Waals surface area contributed by atoms with E-state index in [1.54, 1.807) is 4.90 Å². The van der Waals surface area contributed by atoms with Crippen molar-refractivity contribution in [3.05, 3.63) is 71.8 Å². The van der Waals surface area contributed by atoms with E-state index in [1.807, 2.05) is 95.3 Å². The van der Waals surface area contributed by atoms with E-state index in [4.69, 9.17) is 18.9 Å². The van der Waals surface area contributed by atoms with Gasteiger partial charge in [-0.3, -0.25) is 14.6 Å². The van der Waals surface area contributed by atoms with E-state index in [2.05, 4.69) is 4.90 Å². The van der Waals surface area contributed by atoms with Gasteiger partial charge in [0, 0.05) is 13.1 Å². The lowest BCUT2D eigenvalue weighted by atomic mass is 10.00. The Bertz CT molecular complexity index is 1070. The molecular formula is C30H40N2O6. The van der Waals surface area contributed by atoms with E-state index in [9.17, 15) is 9.59 Å². The second-order valence-corrected chi connectivity index (χ2v) is 11.4. The van der Waals surface area contributed by atoms with Gasteiger partial charge in [-0.2, -0.15) is 0 Å². The van der Waals surface area contributed by atoms with E-state index in [0.717, 1.165) is 24.1 Å². The summed E-state index contributed by atoms with van der Waals surface area (Å²) in [5.41, 5.74) is 0.479. The summed E-state index contributed by atoms with van der Waals surface area (Å²) in [6.07, 6.45) is -0.128. The van der Waals surface area contributed by atoms with Crippen molar-refractivity contribution in [3.63, 3.8) is 0 Å². The zero-order chi connectivity index (χ0) is 27.3. The molecule has 2 aliphatic rings. The van der Waals surface area contributed by atoms with Crippen LogP contribution < -0.4 is 0 Å². The summed E-state index contributed by atoms with van der Waals surface area (Å²) in [5.74, 6) is -0.242. The molecule has 2 fully saturated rings. The fraction of sp³-hybridized carbons (Fsp3) is 0.533. The third-order valence-electron chi connectivity index (χ3n) is 6.89. The summed E-state index contributed by atoms with van der Waals surface area (Å²) in [4.78, 5) is 29.9. The van der Waals surface area contributed by atoms with Crippen LogP contribution in [0.15, 0.2) is 60.7 Å². The molecule has 2 aromatic carbocycles. The van der Waals surface area contributed by atoms with Gasteiger partial charge in [-0.1, -0.05) is 60.7 Å². The van der Waals surface area contributed by atoms with Crippen molar-refractivity contribution in [2.24, 2.45) is 0 Å². The van der Waals surface area contributed by atoms with Crippen LogP contribution in [0.2, 0.25) is 0 Å². The number of likely N-dealkylation sites (tertiary alicyclic amines) is 1. The lowest BCUT2D eigenvalue weighted by molar-refractivity contribution is -0.158. The summed E-state index contributed by atoms with van der Waals surface area (Å²) in [6.45, 7) is 11.4. The topological polar surface area (TPSA) is 77.5 Å². The minimum absolute atomic E-state index is 0.242. The van der Waals surface area contributed by atoms with Crippen LogP contribution >= 0.6 is 0 Å². The molecule has 0 saturated carbocycles. The molecule has 8 nitrogen and oxygen atoms in total. The smallest absolute Gasteiger partial charge is 0.412 e. The van der Waals surface area contributed by atoms with Crippen molar-refractivity contribution < 1.29 is 28.5 Å². The normalized spacial score (nSPS) is 22.0. The Kier molecular flexibility index (Phi) is 8.75. The molecule has 0 radical (unpaired) electrons. The van der Waals surface area contributed by atoms with Crippen LogP contribution in [0.5, 0.6) is 0 Å². The van der Waals surface area contributed by atoms with E-state index in [1.165, 1.54) is 0 Å². The summed E-state index contributed by atoms with van der Waals surface area (Å²) >= 11 is 0. The first-order chi connectivity index (χ1) is 18.0. The van der Waals surface area contributed by atoms with Crippen molar-refractivity contribution >= 4 is 12.1 Å². The van der Waals surface area contributed by atoms with Crippen molar-refractivity contribution in [2.75, 3.05) is 19.7 Å². The molecule has 206 valence electrons. The number of carbonyl (C=O) groups is 2. The Balaban J connectivity index is 1.48. The average molecular weight is 525 g/mol. The number of amides is 1. The molecule has 4 rings (SSSR count). The molecule has 3 atom stereocenters. The molecule has 38 heavy (non-hydrogen) atoms. The fourth-order valence-electron chi connectivity index (χ4n) is 4.82. The first kappa shape index (κ1) is 28.1. The molecule has 2 aromatic rings. The number of benzene rings is 2. The highest BCUT2D eigenvalue weighted by Gasteiger charge is 2.50. The number of nitrogens with zero attached hydrogens (tertiary/aromatic N) is 2. The van der Waals surface area contributed by atoms with Gasteiger partial charge < -0.3 is 18.9 Å². The van der Waals surface area contributed by atoms with Gasteiger partial charge in [0.05, 0.1) is 25.4 Å². The fourth-order valence-corrected chi connectivity index (χ4v) is 4.82. The van der Waals surface area contributed by atoms with E-state index >= 15 is 0 Å². The summed E-state index contributed by atoms with van der Waals surface area (Å²) in [6, 6.07) is 18.8. The van der Waals surface area contributed by atoms with Gasteiger partial charge in [-0.15, -0.1) is 0 Å². The molecular weight excluding hydrogens is 484 g/mol. The third-order valence-corrected chi connectivity index (χ3v) is 6.89. The second-order valence-electron chi connectivity index (χ2n) is 11.4. The first-order valence-electron chi connectivity index (χ1n) is 13.3. The number of ether oxygens (including phenoxy) is 4. The highest BCUT2D eigenvalue weighted by Crippen LogP contribution is 2.33. The van der Waals surface area contributed by atoms with Gasteiger partial charge >= 0.3 is 12.1 Å². The Labute approximate surface area is 225 Å². The van der Waals surface area contributed by atoms with Gasteiger partial charge in [0.25, 0.3) is 0 Å². The zero-order valence-electron chi connectivity index (χ0n) is 23.1. The standard InChI is InChI=1S/C30H40N2O6/c1-29(2,3)38-28(34)32-25(21-37-30(32,4)5)26(35-19-22-12-8-6-9-13-22)18-31-17-16-24(31)27(33)36-20-23-14-10-7-11-15-23/h6-15,24-26H,16-21H2,1-5H3/t24-,25+,26-/m0/s1. The van der Waals surface area contributed by atoms with Crippen LogP contribution in [0.1, 0.15) is 52.2 Å². The van der Waals surface area contributed by atoms with E-state index in [-0.39, 0.29) is 24.7 Å². The second kappa shape index (κ2) is 11.8. The molecule has 0 aromatic heterocycles. The maximum Gasteiger partial charge on any atom is 0.412 e. The maximum atomic E-state index is 13.3. The molecule has 8 heteroatoms. The van der Waals surface area contributed by atoms with Crippen LogP contribution in [-0.2, 0) is 37.0 Å². The number of hydrogen-bond acceptors (Lipinski definition) is 7. The summed E-state index contributed by atoms with van der Waals surface area (Å²) in [5, 5.41) is 0. The van der Waals surface area contributed by atoms with Crippen LogP contribution in [0.3, 0.4) is 0 Å². The Morgan fingerprint density at radius 3 is 2.16 bits per heavy atom. The molecule has 0 aliphatic carbocycles. The highest BCUT2D eigenvalue weighted by atomic mass is 16.6. The number of rotatable bonds is 9. The number of carbonyl (C=O) groups excluding carboxylic acids is 2. The van der Waals surface area contributed by atoms with Crippen LogP contribution in [-0.4, -0.2) is 71.1 Å². The number of hydrogen-bond donors (Lipinski definition) is 0. The van der Waals surface area contributed by atoms with Crippen molar-refractivity contribution in [1.82, 2.24) is 9.80 Å². The van der Waals surface area contributed by atoms with Gasteiger partial charge in [0.1, 0.15) is 24.0 Å². The third kappa shape index (κ3) is 7.12. The van der Waals surface area contributed by atoms with Gasteiger partial charge in [0.15, 0.2) is 0 Å². The SMILES string of the molecule is CC(C)(C)OC(=O)N1[C@@H]([C@H](CN2CC[C@H]2C(=O)OCc2ccccc2)OCc2ccccc2)COC1(C)C. The molecule has 1 amide bonds. The Morgan fingerprint density at radius 2 is 1.61 bits per heavy atom. The molecule has 2 saturated heterocycles. The molecule has 0 N–H and O–H groups in total. The molecule has 2 heterocycles. The Morgan fingerprint density at radius 1 is 1.00 bits per heavy atom. The number of esters is 1. The predicted molar refractivity (Wildman–Crippen MR) is 143 cm³/mol. The van der Waals surface area contributed by atoms with Crippen molar-refractivity contribution in [1.29, 1.82) is 0 Å². The van der Waals surface area contributed by atoms with E-state index in [0.29, 0.717) is 19.8 Å². The minimum Gasteiger partial charge on any atom is -0.460 e. The lowest BCUT2D eigenvalue weighted by Crippen LogP contribution is -2.60. The molecule has 2 aliphatic heterocycles. The van der Waals surface area contributed by atoms with Crippen LogP contribution in [0.4, 0.5) is 4.79 Å². The minimum atomic E-state index is -0.857. The Hall–Kier alpha value is -2.94. The predicted octanol–water partition coefficient (Wildman–Crippen LogP) is 4.76. The van der Waals surface area contributed by atoms with Gasteiger partial charge in [-0.25, -0.2) is 4.79 Å². The average Bonchev–Trinajstić information content (AvgIpc) is 3.17. The van der Waals surface area contributed by atoms with Crippen LogP contribution in [0.25, 0.3) is 0 Å². The molecule has 0 spiro atoms. The highest BCUT2D eigenvalue weighted by molar-refractivity contribution is 5.76. The van der Waals surface area contributed by atoms with Crippen molar-refractivity contribution in [2.45, 2.75) is 83.8 Å². The van der Waals surface area contributed by atoms with E-state index < -0.39 is 23.5 Å².